The molecule has 2 N–H and O–H groups in total. The zero-order valence-electron chi connectivity index (χ0n) is 13.1. The Morgan fingerprint density at radius 1 is 1.04 bits per heavy atom. The van der Waals surface area contributed by atoms with Crippen LogP contribution in [0.5, 0.6) is 0 Å². The minimum atomic E-state index is -0.936. The monoisotopic (exact) mass is 325 g/mol. The number of rotatable bonds is 5. The average Bonchev–Trinajstić information content (AvgIpc) is 3.14. The molecule has 124 valence electrons. The second-order valence-corrected chi connectivity index (χ2v) is 5.86. The highest BCUT2D eigenvalue weighted by atomic mass is 16.4. The van der Waals surface area contributed by atoms with E-state index in [0.29, 0.717) is 18.6 Å². The third-order valence-corrected chi connectivity index (χ3v) is 4.33. The fourth-order valence-electron chi connectivity index (χ4n) is 3.05. The second-order valence-electron chi connectivity index (χ2n) is 5.86. The van der Waals surface area contributed by atoms with Crippen LogP contribution < -0.4 is 5.32 Å². The van der Waals surface area contributed by atoms with Crippen molar-refractivity contribution in [3.8, 4) is 0 Å². The summed E-state index contributed by atoms with van der Waals surface area (Å²) < 4.78 is 5.47. The number of hydrogen-bond donors (Lipinski definition) is 2. The number of furan rings is 1. The molecule has 0 radical (unpaired) electrons. The minimum Gasteiger partial charge on any atom is -0.481 e. The average molecular weight is 325 g/mol. The van der Waals surface area contributed by atoms with Crippen LogP contribution in [-0.2, 0) is 9.59 Å². The SMILES string of the molecule is O=C(N[C@H](c1ccccc1)c1ccco1)[C@H]1CC=CC[C@H]1C(=O)O. The molecule has 1 aliphatic carbocycles. The van der Waals surface area contributed by atoms with Gasteiger partial charge in [-0.1, -0.05) is 42.5 Å². The first-order valence-corrected chi connectivity index (χ1v) is 7.93. The Morgan fingerprint density at radius 3 is 2.38 bits per heavy atom. The van der Waals surface area contributed by atoms with Gasteiger partial charge < -0.3 is 14.8 Å². The Morgan fingerprint density at radius 2 is 1.75 bits per heavy atom. The van der Waals surface area contributed by atoms with Gasteiger partial charge in [-0.3, -0.25) is 9.59 Å². The molecule has 0 fully saturated rings. The molecule has 1 heterocycles. The maximum absolute atomic E-state index is 12.7. The van der Waals surface area contributed by atoms with E-state index in [1.54, 1.807) is 18.4 Å². The molecule has 0 unspecified atom stereocenters. The number of benzene rings is 1. The highest BCUT2D eigenvalue weighted by Gasteiger charge is 2.35. The molecule has 1 aliphatic rings. The Balaban J connectivity index is 1.84. The van der Waals surface area contributed by atoms with Gasteiger partial charge in [0.15, 0.2) is 0 Å². The van der Waals surface area contributed by atoms with Crippen LogP contribution in [0.25, 0.3) is 0 Å². The van der Waals surface area contributed by atoms with Gasteiger partial charge in [-0.15, -0.1) is 0 Å². The summed E-state index contributed by atoms with van der Waals surface area (Å²) in [6.45, 7) is 0. The number of carboxylic acid groups (broad SMARTS) is 1. The molecule has 24 heavy (non-hydrogen) atoms. The summed E-state index contributed by atoms with van der Waals surface area (Å²) in [6, 6.07) is 12.6. The summed E-state index contributed by atoms with van der Waals surface area (Å²) >= 11 is 0. The standard InChI is InChI=1S/C19H19NO4/c21-18(14-9-4-5-10-15(14)19(22)23)20-17(16-11-6-12-24-16)13-7-2-1-3-8-13/h1-8,11-12,14-15,17H,9-10H2,(H,20,21)(H,22,23)/t14-,15+,17+/m0/s1. The smallest absolute Gasteiger partial charge is 0.307 e. The lowest BCUT2D eigenvalue weighted by Gasteiger charge is -2.26. The number of carboxylic acids is 1. The highest BCUT2D eigenvalue weighted by molar-refractivity contribution is 5.85. The van der Waals surface area contributed by atoms with Crippen molar-refractivity contribution in [3.05, 3.63) is 72.2 Å². The molecular formula is C19H19NO4. The zero-order chi connectivity index (χ0) is 16.9. The summed E-state index contributed by atoms with van der Waals surface area (Å²) in [6.07, 6.45) is 6.06. The van der Waals surface area contributed by atoms with Crippen molar-refractivity contribution in [2.45, 2.75) is 18.9 Å². The second kappa shape index (κ2) is 7.17. The van der Waals surface area contributed by atoms with Gasteiger partial charge in [0, 0.05) is 0 Å². The van der Waals surface area contributed by atoms with E-state index in [4.69, 9.17) is 4.42 Å². The molecule has 0 saturated heterocycles. The molecule has 0 bridgehead atoms. The van der Waals surface area contributed by atoms with Crippen LogP contribution >= 0.6 is 0 Å². The van der Waals surface area contributed by atoms with Gasteiger partial charge in [0.05, 0.1) is 18.1 Å². The number of carbonyl (C=O) groups is 2. The van der Waals surface area contributed by atoms with E-state index in [9.17, 15) is 14.7 Å². The predicted octanol–water partition coefficient (Wildman–Crippen LogP) is 3.15. The largest absolute Gasteiger partial charge is 0.481 e. The van der Waals surface area contributed by atoms with Gasteiger partial charge in [-0.05, 0) is 30.5 Å². The van der Waals surface area contributed by atoms with E-state index in [1.165, 1.54) is 0 Å². The molecule has 2 aromatic rings. The van der Waals surface area contributed by atoms with E-state index in [1.807, 2.05) is 42.5 Å². The molecule has 5 nitrogen and oxygen atoms in total. The zero-order valence-corrected chi connectivity index (χ0v) is 13.1. The summed E-state index contributed by atoms with van der Waals surface area (Å²) in [5, 5.41) is 12.3. The lowest BCUT2D eigenvalue weighted by atomic mass is 9.82. The van der Waals surface area contributed by atoms with Gasteiger partial charge in [0.2, 0.25) is 5.91 Å². The number of aliphatic carboxylic acids is 1. The molecule has 0 spiro atoms. The molecular weight excluding hydrogens is 306 g/mol. The molecule has 0 aliphatic heterocycles. The molecule has 3 rings (SSSR count). The van der Waals surface area contributed by atoms with Gasteiger partial charge in [0.1, 0.15) is 11.8 Å². The highest BCUT2D eigenvalue weighted by Crippen LogP contribution is 2.28. The first kappa shape index (κ1) is 16.1. The van der Waals surface area contributed by atoms with Crippen molar-refractivity contribution in [1.82, 2.24) is 5.32 Å². The minimum absolute atomic E-state index is 0.267. The summed E-state index contributed by atoms with van der Waals surface area (Å²) in [4.78, 5) is 24.2. The quantitative estimate of drug-likeness (QED) is 0.828. The first-order chi connectivity index (χ1) is 11.7. The molecule has 1 aromatic heterocycles. The van der Waals surface area contributed by atoms with Crippen LogP contribution in [0.3, 0.4) is 0 Å². The van der Waals surface area contributed by atoms with Crippen molar-refractivity contribution in [2.24, 2.45) is 11.8 Å². The molecule has 1 aromatic carbocycles. The predicted molar refractivity (Wildman–Crippen MR) is 88.1 cm³/mol. The molecule has 0 saturated carbocycles. The summed E-state index contributed by atoms with van der Waals surface area (Å²) in [5.74, 6) is -1.85. The van der Waals surface area contributed by atoms with Gasteiger partial charge in [0.25, 0.3) is 0 Å². The summed E-state index contributed by atoms with van der Waals surface area (Å²) in [5.41, 5.74) is 0.888. The number of hydrogen-bond acceptors (Lipinski definition) is 3. The third kappa shape index (κ3) is 3.40. The number of amides is 1. The van der Waals surface area contributed by atoms with Gasteiger partial charge in [-0.25, -0.2) is 0 Å². The number of allylic oxidation sites excluding steroid dienone is 2. The van der Waals surface area contributed by atoms with E-state index >= 15 is 0 Å². The Bertz CT molecular complexity index is 721. The fraction of sp³-hybridized carbons (Fsp3) is 0.263. The lowest BCUT2D eigenvalue weighted by molar-refractivity contribution is -0.147. The van der Waals surface area contributed by atoms with Crippen LogP contribution in [0, 0.1) is 11.8 Å². The van der Waals surface area contributed by atoms with Crippen LogP contribution in [0.4, 0.5) is 0 Å². The van der Waals surface area contributed by atoms with Crippen LogP contribution in [-0.4, -0.2) is 17.0 Å². The molecule has 1 amide bonds. The number of nitrogens with one attached hydrogen (secondary N) is 1. The van der Waals surface area contributed by atoms with Crippen molar-refractivity contribution in [2.75, 3.05) is 0 Å². The summed E-state index contributed by atoms with van der Waals surface area (Å²) in [7, 11) is 0. The fourth-order valence-corrected chi connectivity index (χ4v) is 3.05. The van der Waals surface area contributed by atoms with Crippen molar-refractivity contribution < 1.29 is 19.1 Å². The first-order valence-electron chi connectivity index (χ1n) is 7.93. The third-order valence-electron chi connectivity index (χ3n) is 4.33. The van der Waals surface area contributed by atoms with Crippen molar-refractivity contribution in [1.29, 1.82) is 0 Å². The van der Waals surface area contributed by atoms with Gasteiger partial charge >= 0.3 is 5.97 Å². The van der Waals surface area contributed by atoms with Gasteiger partial charge in [-0.2, -0.15) is 0 Å². The van der Waals surface area contributed by atoms with E-state index in [-0.39, 0.29) is 5.91 Å². The van der Waals surface area contributed by atoms with Crippen LogP contribution in [0.15, 0.2) is 65.3 Å². The molecule has 3 atom stereocenters. The normalized spacial score (nSPS) is 21.2. The Kier molecular flexibility index (Phi) is 4.79. The topological polar surface area (TPSA) is 79.5 Å². The lowest BCUT2D eigenvalue weighted by Crippen LogP contribution is -2.40. The Hall–Kier alpha value is -2.82. The Labute approximate surface area is 140 Å². The van der Waals surface area contributed by atoms with Crippen molar-refractivity contribution >= 4 is 11.9 Å². The van der Waals surface area contributed by atoms with E-state index in [0.717, 1.165) is 5.56 Å². The maximum atomic E-state index is 12.7. The maximum Gasteiger partial charge on any atom is 0.307 e. The molecule has 5 heteroatoms. The van der Waals surface area contributed by atoms with Crippen molar-refractivity contribution in [3.63, 3.8) is 0 Å². The van der Waals surface area contributed by atoms with Crippen LogP contribution in [0.2, 0.25) is 0 Å². The van der Waals surface area contributed by atoms with Crippen LogP contribution in [0.1, 0.15) is 30.2 Å². The number of carbonyl (C=O) groups excluding carboxylic acids is 1. The van der Waals surface area contributed by atoms with E-state index < -0.39 is 23.8 Å². The van der Waals surface area contributed by atoms with E-state index in [2.05, 4.69) is 5.32 Å².